The SMILES string of the molecule is O=C1N=NS1. The van der Waals surface area contributed by atoms with Crippen molar-refractivity contribution in [3.63, 3.8) is 0 Å². The third-order valence-corrected chi connectivity index (χ3v) is 0.643. The predicted octanol–water partition coefficient (Wildman–Crippen LogP) is 1.22. The molecule has 0 aliphatic carbocycles. The third kappa shape index (κ3) is 0.301. The number of nitrogens with zero attached hydrogens (tertiary/aromatic N) is 2. The Kier molecular flexibility index (Phi) is 0.446. The molecule has 1 heterocycles. The maximum Gasteiger partial charge on any atom is 0.348 e. The predicted molar refractivity (Wildman–Crippen MR) is 17.8 cm³/mol. The molecule has 0 aromatic heterocycles. The van der Waals surface area contributed by atoms with Crippen LogP contribution in [0.3, 0.4) is 0 Å². The van der Waals surface area contributed by atoms with Gasteiger partial charge in [-0.25, -0.2) is 0 Å². The highest BCUT2D eigenvalue weighted by atomic mass is 32.2. The first-order valence-corrected chi connectivity index (χ1v) is 1.79. The van der Waals surface area contributed by atoms with Crippen LogP contribution >= 0.6 is 11.9 Å². The number of carbonyl (C=O) groups is 1. The van der Waals surface area contributed by atoms with Crippen LogP contribution in [0.4, 0.5) is 4.79 Å². The summed E-state index contributed by atoms with van der Waals surface area (Å²) in [5.41, 5.74) is 0. The van der Waals surface area contributed by atoms with Crippen molar-refractivity contribution in [3.8, 4) is 0 Å². The molecule has 0 N–H and O–H groups in total. The van der Waals surface area contributed by atoms with Gasteiger partial charge in [-0.05, 0) is 0 Å². The second kappa shape index (κ2) is 0.787. The molecule has 0 spiro atoms. The molecule has 4 heteroatoms. The lowest BCUT2D eigenvalue weighted by atomic mass is 11.4. The first-order valence-electron chi connectivity index (χ1n) is 1.01. The molecule has 26 valence electrons. The zero-order chi connectivity index (χ0) is 3.70. The Hall–Kier alpha value is -0.380. The van der Waals surface area contributed by atoms with Crippen molar-refractivity contribution in [1.82, 2.24) is 0 Å². The molecule has 0 atom stereocenters. The quantitative estimate of drug-likeness (QED) is 0.418. The van der Waals surface area contributed by atoms with E-state index in [1.807, 2.05) is 0 Å². The van der Waals surface area contributed by atoms with Gasteiger partial charge in [0.05, 0.1) is 0 Å². The molecule has 0 fully saturated rings. The molecular weight excluding hydrogens is 88.1 g/mol. The molecule has 0 aromatic rings. The van der Waals surface area contributed by atoms with E-state index in [0.717, 1.165) is 11.9 Å². The van der Waals surface area contributed by atoms with E-state index in [2.05, 4.69) is 9.63 Å². The number of rotatable bonds is 0. The Labute approximate surface area is 32.6 Å². The van der Waals surface area contributed by atoms with Crippen LogP contribution in [-0.2, 0) is 0 Å². The topological polar surface area (TPSA) is 41.8 Å². The highest BCUT2D eigenvalue weighted by molar-refractivity contribution is 8.13. The summed E-state index contributed by atoms with van der Waals surface area (Å²) >= 11 is 0.880. The van der Waals surface area contributed by atoms with Crippen LogP contribution < -0.4 is 0 Å². The molecule has 0 saturated heterocycles. The molecular formula is CN2OS. The minimum absolute atomic E-state index is 0.190. The first kappa shape index (κ1) is 2.84. The number of hydrogen-bond acceptors (Lipinski definition) is 3. The largest absolute Gasteiger partial charge is 0.348 e. The van der Waals surface area contributed by atoms with Gasteiger partial charge >= 0.3 is 5.24 Å². The van der Waals surface area contributed by atoms with E-state index < -0.39 is 0 Å². The number of amides is 1. The van der Waals surface area contributed by atoms with Crippen molar-refractivity contribution in [2.45, 2.75) is 0 Å². The van der Waals surface area contributed by atoms with E-state index in [0.29, 0.717) is 0 Å². The van der Waals surface area contributed by atoms with Crippen LogP contribution in [0.15, 0.2) is 9.63 Å². The first-order chi connectivity index (χ1) is 2.39. The fourth-order valence-electron chi connectivity index (χ4n) is 0.0742. The average Bonchev–Trinajstić information content (AvgIpc) is 1.30. The Balaban J connectivity index is 2.71. The zero-order valence-electron chi connectivity index (χ0n) is 2.21. The fraction of sp³-hybridized carbons (Fsp3) is 0. The van der Waals surface area contributed by atoms with Crippen molar-refractivity contribution < 1.29 is 4.79 Å². The van der Waals surface area contributed by atoms with Crippen molar-refractivity contribution in [2.75, 3.05) is 0 Å². The maximum absolute atomic E-state index is 9.60. The molecule has 1 amide bonds. The molecule has 0 radical (unpaired) electrons. The molecule has 0 unspecified atom stereocenters. The van der Waals surface area contributed by atoms with Crippen LogP contribution in [0.2, 0.25) is 0 Å². The van der Waals surface area contributed by atoms with Gasteiger partial charge in [-0.3, -0.25) is 4.79 Å². The molecule has 0 aromatic carbocycles. The highest BCUT2D eigenvalue weighted by Gasteiger charge is 2.05. The molecule has 5 heavy (non-hydrogen) atoms. The standard InChI is InChI=1S/CN2OS/c4-1-2-3-5-1. The summed E-state index contributed by atoms with van der Waals surface area (Å²) < 4.78 is 3.19. The van der Waals surface area contributed by atoms with Crippen molar-refractivity contribution in [1.29, 1.82) is 0 Å². The maximum atomic E-state index is 9.60. The molecule has 1 aliphatic heterocycles. The summed E-state index contributed by atoms with van der Waals surface area (Å²) in [6.45, 7) is 0. The molecule has 0 saturated carbocycles. The van der Waals surface area contributed by atoms with Gasteiger partial charge in [0.25, 0.3) is 0 Å². The van der Waals surface area contributed by atoms with Gasteiger partial charge in [0.1, 0.15) is 11.9 Å². The van der Waals surface area contributed by atoms with E-state index in [-0.39, 0.29) is 5.24 Å². The second-order valence-electron chi connectivity index (χ2n) is 0.539. The Morgan fingerprint density at radius 1 is 1.80 bits per heavy atom. The van der Waals surface area contributed by atoms with Crippen LogP contribution in [0, 0.1) is 0 Å². The molecule has 3 nitrogen and oxygen atoms in total. The Morgan fingerprint density at radius 3 is 2.20 bits per heavy atom. The van der Waals surface area contributed by atoms with Gasteiger partial charge in [-0.1, -0.05) is 5.11 Å². The summed E-state index contributed by atoms with van der Waals surface area (Å²) in [4.78, 5) is 9.60. The zero-order valence-corrected chi connectivity index (χ0v) is 3.03. The van der Waals surface area contributed by atoms with E-state index in [1.165, 1.54) is 0 Å². The van der Waals surface area contributed by atoms with E-state index >= 15 is 0 Å². The lowest BCUT2D eigenvalue weighted by Gasteiger charge is -1.87. The lowest BCUT2D eigenvalue weighted by molar-refractivity contribution is 0.265. The van der Waals surface area contributed by atoms with E-state index in [1.54, 1.807) is 0 Å². The summed E-state index contributed by atoms with van der Waals surface area (Å²) in [6, 6.07) is 0. The molecule has 0 bridgehead atoms. The molecule has 1 aliphatic rings. The third-order valence-electron chi connectivity index (χ3n) is 0.241. The van der Waals surface area contributed by atoms with Gasteiger partial charge in [0, 0.05) is 0 Å². The lowest BCUT2D eigenvalue weighted by Crippen LogP contribution is -1.82. The summed E-state index contributed by atoms with van der Waals surface area (Å²) in [7, 11) is 0. The number of carbonyl (C=O) groups excluding carboxylic acids is 1. The monoisotopic (exact) mass is 88.0 g/mol. The Morgan fingerprint density at radius 2 is 2.20 bits per heavy atom. The van der Waals surface area contributed by atoms with Crippen molar-refractivity contribution in [3.05, 3.63) is 0 Å². The summed E-state index contributed by atoms with van der Waals surface area (Å²) in [5.74, 6) is 0. The van der Waals surface area contributed by atoms with Crippen LogP contribution in [0.1, 0.15) is 0 Å². The Bertz CT molecular complexity index is 87.6. The van der Waals surface area contributed by atoms with E-state index in [4.69, 9.17) is 0 Å². The molecule has 1 rings (SSSR count). The van der Waals surface area contributed by atoms with Crippen LogP contribution in [-0.4, -0.2) is 5.24 Å². The van der Waals surface area contributed by atoms with Gasteiger partial charge in [-0.15, -0.1) is 4.52 Å². The second-order valence-corrected chi connectivity index (χ2v) is 1.23. The smallest absolute Gasteiger partial charge is 0.255 e. The van der Waals surface area contributed by atoms with Crippen molar-refractivity contribution >= 4 is 17.2 Å². The minimum atomic E-state index is -0.190. The highest BCUT2D eigenvalue weighted by Crippen LogP contribution is 2.16. The van der Waals surface area contributed by atoms with E-state index in [9.17, 15) is 4.79 Å². The fourth-order valence-corrected chi connectivity index (χ4v) is 0.222. The van der Waals surface area contributed by atoms with Crippen LogP contribution in [0.25, 0.3) is 0 Å². The van der Waals surface area contributed by atoms with Gasteiger partial charge in [0.2, 0.25) is 0 Å². The number of hydrogen-bond donors (Lipinski definition) is 0. The summed E-state index contributed by atoms with van der Waals surface area (Å²) in [6.07, 6.45) is 0. The average molecular weight is 88.1 g/mol. The minimum Gasteiger partial charge on any atom is -0.255 e. The van der Waals surface area contributed by atoms with Gasteiger partial charge in [-0.2, -0.15) is 0 Å². The van der Waals surface area contributed by atoms with Gasteiger partial charge < -0.3 is 0 Å². The van der Waals surface area contributed by atoms with Crippen molar-refractivity contribution in [2.24, 2.45) is 9.63 Å². The summed E-state index contributed by atoms with van der Waals surface area (Å²) in [5, 5.41) is 2.83. The normalized spacial score (nSPS) is 18.8. The van der Waals surface area contributed by atoms with Crippen LogP contribution in [0.5, 0.6) is 0 Å². The van der Waals surface area contributed by atoms with Gasteiger partial charge in [0.15, 0.2) is 0 Å².